The van der Waals surface area contributed by atoms with Gasteiger partial charge in [-0.05, 0) is 57.0 Å². The van der Waals surface area contributed by atoms with Crippen LogP contribution in [0.2, 0.25) is 0 Å². The summed E-state index contributed by atoms with van der Waals surface area (Å²) in [6, 6.07) is 13.7. The average Bonchev–Trinajstić information content (AvgIpc) is 3.66. The first-order valence-corrected chi connectivity index (χ1v) is 13.4. The van der Waals surface area contributed by atoms with Gasteiger partial charge in [-0.15, -0.1) is 10.2 Å². The second-order valence-corrected chi connectivity index (χ2v) is 10.4. The third kappa shape index (κ3) is 4.64. The number of aromatic nitrogens is 5. The van der Waals surface area contributed by atoms with Crippen molar-refractivity contribution in [2.75, 3.05) is 23.4 Å². The number of carbonyl (C=O) groups is 2. The zero-order valence-electron chi connectivity index (χ0n) is 23.0. The van der Waals surface area contributed by atoms with Gasteiger partial charge in [-0.2, -0.15) is 0 Å². The molecule has 41 heavy (non-hydrogen) atoms. The molecule has 0 aliphatic carbocycles. The van der Waals surface area contributed by atoms with Crippen LogP contribution in [0.5, 0.6) is 0 Å². The molecule has 1 atom stereocenters. The molecule has 1 unspecified atom stereocenters. The average molecular weight is 557 g/mol. The lowest BCUT2D eigenvalue weighted by Gasteiger charge is -2.24. The predicted octanol–water partition coefficient (Wildman–Crippen LogP) is 4.43. The van der Waals surface area contributed by atoms with Crippen molar-refractivity contribution in [3.8, 4) is 17.2 Å². The number of carboxylic acid groups (broad SMARTS) is 1. The molecule has 2 aliphatic heterocycles. The summed E-state index contributed by atoms with van der Waals surface area (Å²) in [6.45, 7) is 4.92. The fourth-order valence-electron chi connectivity index (χ4n) is 5.53. The van der Waals surface area contributed by atoms with Crippen LogP contribution in [0.25, 0.3) is 17.2 Å². The highest BCUT2D eigenvalue weighted by atomic mass is 19.1. The van der Waals surface area contributed by atoms with E-state index in [-0.39, 0.29) is 25.0 Å². The number of para-hydroxylation sites is 1. The summed E-state index contributed by atoms with van der Waals surface area (Å²) < 4.78 is 16.3. The minimum Gasteiger partial charge on any atom is -0.465 e. The van der Waals surface area contributed by atoms with Crippen molar-refractivity contribution in [3.05, 3.63) is 77.0 Å². The summed E-state index contributed by atoms with van der Waals surface area (Å²) in [6.07, 6.45) is 0.972. The lowest BCUT2D eigenvalue weighted by molar-refractivity contribution is 0.0996. The Morgan fingerprint density at radius 3 is 2.66 bits per heavy atom. The van der Waals surface area contributed by atoms with Crippen LogP contribution in [0.4, 0.5) is 20.8 Å². The summed E-state index contributed by atoms with van der Waals surface area (Å²) in [4.78, 5) is 39.9. The lowest BCUT2D eigenvalue weighted by atomic mass is 10.1. The van der Waals surface area contributed by atoms with Gasteiger partial charge in [-0.1, -0.05) is 18.2 Å². The van der Waals surface area contributed by atoms with Crippen molar-refractivity contribution < 1.29 is 19.1 Å². The summed E-state index contributed by atoms with van der Waals surface area (Å²) in [5.41, 5.74) is 2.43. The lowest BCUT2D eigenvalue weighted by Crippen LogP contribution is -2.29. The molecule has 0 bridgehead atoms. The molecule has 2 amide bonds. The molecule has 2 aliphatic rings. The van der Waals surface area contributed by atoms with E-state index in [1.165, 1.54) is 13.1 Å². The van der Waals surface area contributed by atoms with Gasteiger partial charge in [0.1, 0.15) is 29.0 Å². The number of aryl methyl sites for hydroxylation is 1. The maximum absolute atomic E-state index is 14.7. The minimum absolute atomic E-state index is 0.0489. The number of hydrogen-bond donors (Lipinski definition) is 1. The van der Waals surface area contributed by atoms with Gasteiger partial charge in [0, 0.05) is 25.2 Å². The molecule has 1 aromatic carbocycles. The van der Waals surface area contributed by atoms with Crippen molar-refractivity contribution in [2.45, 2.75) is 45.8 Å². The smallest absolute Gasteiger partial charge is 0.407 e. The van der Waals surface area contributed by atoms with Crippen molar-refractivity contribution in [2.24, 2.45) is 0 Å². The quantitative estimate of drug-likeness (QED) is 0.370. The molecule has 5 heterocycles. The Kier molecular flexibility index (Phi) is 6.60. The monoisotopic (exact) mass is 556 g/mol. The Hall–Kier alpha value is -4.87. The first kappa shape index (κ1) is 26.4. The fraction of sp³-hybridized carbons (Fsp3) is 0.310. The van der Waals surface area contributed by atoms with Gasteiger partial charge in [-0.3, -0.25) is 14.3 Å². The molecule has 3 aromatic heterocycles. The van der Waals surface area contributed by atoms with Gasteiger partial charge >= 0.3 is 6.09 Å². The maximum Gasteiger partial charge on any atom is 0.407 e. The molecule has 1 N–H and O–H groups in total. The van der Waals surface area contributed by atoms with Crippen LogP contribution in [-0.2, 0) is 13.1 Å². The zero-order valence-corrected chi connectivity index (χ0v) is 23.0. The van der Waals surface area contributed by atoms with E-state index in [1.54, 1.807) is 52.8 Å². The molecule has 0 radical (unpaired) electrons. The van der Waals surface area contributed by atoms with Gasteiger partial charge < -0.3 is 14.9 Å². The number of benzene rings is 1. The van der Waals surface area contributed by atoms with Crippen LogP contribution in [0, 0.1) is 12.7 Å². The van der Waals surface area contributed by atoms with E-state index >= 15 is 0 Å². The Morgan fingerprint density at radius 1 is 1.12 bits per heavy atom. The molecular formula is C29H29FN8O3. The van der Waals surface area contributed by atoms with Crippen molar-refractivity contribution in [1.82, 2.24) is 29.6 Å². The van der Waals surface area contributed by atoms with Gasteiger partial charge in [0.15, 0.2) is 5.82 Å². The van der Waals surface area contributed by atoms with E-state index in [0.717, 1.165) is 24.3 Å². The Morgan fingerprint density at radius 2 is 1.93 bits per heavy atom. The topological polar surface area (TPSA) is 121 Å². The standard InChI is InChI=1S/C29H29FN8O3/c1-17-8-7-13-36(17)26-14-19-20(23(32-26)16-35(3)29(40)41)15-37(28(19)39)25-12-6-10-22(31-25)27-34-33-18(2)38(27)24-11-5-4-9-21(24)30/h4-6,9-12,14,17H,7-8,13,15-16H2,1-3H3,(H,40,41). The number of anilines is 2. The first-order chi connectivity index (χ1) is 19.7. The highest BCUT2D eigenvalue weighted by molar-refractivity contribution is 6.10. The van der Waals surface area contributed by atoms with E-state index < -0.39 is 11.9 Å². The van der Waals surface area contributed by atoms with Crippen LogP contribution < -0.4 is 9.80 Å². The second-order valence-electron chi connectivity index (χ2n) is 10.4. The van der Waals surface area contributed by atoms with Crippen LogP contribution in [-0.4, -0.2) is 66.4 Å². The molecule has 6 rings (SSSR count). The maximum atomic E-state index is 14.7. The normalized spacial score (nSPS) is 16.4. The fourth-order valence-corrected chi connectivity index (χ4v) is 5.53. The van der Waals surface area contributed by atoms with E-state index in [9.17, 15) is 19.1 Å². The highest BCUT2D eigenvalue weighted by Crippen LogP contribution is 2.35. The van der Waals surface area contributed by atoms with Gasteiger partial charge in [-0.25, -0.2) is 19.2 Å². The number of halogens is 1. The molecular weight excluding hydrogens is 527 g/mol. The van der Waals surface area contributed by atoms with E-state index in [2.05, 4.69) is 22.0 Å². The summed E-state index contributed by atoms with van der Waals surface area (Å²) in [7, 11) is 1.48. The summed E-state index contributed by atoms with van der Waals surface area (Å²) >= 11 is 0. The Bertz CT molecular complexity index is 1670. The molecule has 210 valence electrons. The third-order valence-corrected chi connectivity index (χ3v) is 7.71. The second kappa shape index (κ2) is 10.3. The third-order valence-electron chi connectivity index (χ3n) is 7.71. The molecule has 12 heteroatoms. The number of hydrogen-bond acceptors (Lipinski definition) is 7. The van der Waals surface area contributed by atoms with Gasteiger partial charge in [0.25, 0.3) is 5.91 Å². The predicted molar refractivity (Wildman–Crippen MR) is 150 cm³/mol. The van der Waals surface area contributed by atoms with E-state index in [1.807, 2.05) is 6.07 Å². The largest absolute Gasteiger partial charge is 0.465 e. The Labute approximate surface area is 235 Å². The van der Waals surface area contributed by atoms with Gasteiger partial charge in [0.05, 0.1) is 30.0 Å². The number of rotatable bonds is 6. The molecule has 0 saturated carbocycles. The van der Waals surface area contributed by atoms with Crippen molar-refractivity contribution in [1.29, 1.82) is 0 Å². The molecule has 1 saturated heterocycles. The van der Waals surface area contributed by atoms with Crippen LogP contribution in [0.3, 0.4) is 0 Å². The molecule has 11 nitrogen and oxygen atoms in total. The number of carbonyl (C=O) groups excluding carboxylic acids is 1. The number of nitrogens with zero attached hydrogens (tertiary/aromatic N) is 8. The summed E-state index contributed by atoms with van der Waals surface area (Å²) in [5, 5.41) is 17.9. The number of fused-ring (bicyclic) bond motifs is 1. The van der Waals surface area contributed by atoms with Crippen molar-refractivity contribution >= 4 is 23.6 Å². The number of pyridine rings is 2. The molecule has 4 aromatic rings. The Balaban J connectivity index is 1.39. The van der Waals surface area contributed by atoms with Crippen LogP contribution in [0.1, 0.15) is 47.2 Å². The zero-order chi connectivity index (χ0) is 28.8. The van der Waals surface area contributed by atoms with E-state index in [0.29, 0.717) is 51.5 Å². The minimum atomic E-state index is -1.08. The van der Waals surface area contributed by atoms with Crippen LogP contribution >= 0.6 is 0 Å². The highest BCUT2D eigenvalue weighted by Gasteiger charge is 2.35. The molecule has 1 fully saturated rings. The van der Waals surface area contributed by atoms with Crippen LogP contribution in [0.15, 0.2) is 48.5 Å². The van der Waals surface area contributed by atoms with E-state index in [4.69, 9.17) is 9.97 Å². The van der Waals surface area contributed by atoms with Crippen molar-refractivity contribution in [3.63, 3.8) is 0 Å². The first-order valence-electron chi connectivity index (χ1n) is 13.4. The summed E-state index contributed by atoms with van der Waals surface area (Å²) in [5.74, 6) is 1.22. The van der Waals surface area contributed by atoms with Gasteiger partial charge in [0.2, 0.25) is 0 Å². The number of amides is 2. The molecule has 0 spiro atoms. The SMILES string of the molecule is Cc1nnc(-c2cccc(N3Cc4c(cc(N5CCCC5C)nc4CN(C)C(=O)O)C3=O)n2)n1-c1ccccc1F.